The maximum atomic E-state index is 2.47. The zero-order chi connectivity index (χ0) is 14.0. The molecule has 0 amide bonds. The topological polar surface area (TPSA) is 0 Å². The van der Waals surface area contributed by atoms with Crippen molar-refractivity contribution in [3.63, 3.8) is 0 Å². The lowest BCUT2D eigenvalue weighted by Crippen LogP contribution is -2.14. The summed E-state index contributed by atoms with van der Waals surface area (Å²) in [6, 6.07) is 0. The van der Waals surface area contributed by atoms with Crippen LogP contribution in [0.4, 0.5) is 0 Å². The van der Waals surface area contributed by atoms with Gasteiger partial charge in [-0.1, -0.05) is 80.1 Å². The summed E-state index contributed by atoms with van der Waals surface area (Å²) < 4.78 is 0. The Bertz CT molecular complexity index is 173. The van der Waals surface area contributed by atoms with Gasteiger partial charge in [-0.05, 0) is 36.5 Å². The van der Waals surface area contributed by atoms with Crippen LogP contribution in [-0.2, 0) is 0 Å². The third kappa shape index (κ3) is 9.00. The highest BCUT2D eigenvalue weighted by Gasteiger charge is 2.17. The summed E-state index contributed by atoms with van der Waals surface area (Å²) in [5, 5.41) is 0. The van der Waals surface area contributed by atoms with Gasteiger partial charge < -0.3 is 0 Å². The van der Waals surface area contributed by atoms with Crippen molar-refractivity contribution in [2.45, 2.75) is 92.9 Å². The van der Waals surface area contributed by atoms with Crippen molar-refractivity contribution in [3.05, 3.63) is 0 Å². The second-order valence-corrected chi connectivity index (χ2v) is 6.89. The van der Waals surface area contributed by atoms with Gasteiger partial charge in [0, 0.05) is 0 Å². The molecule has 0 fully saturated rings. The molecule has 0 rings (SSSR count). The first-order chi connectivity index (χ1) is 8.51. The molecule has 0 saturated heterocycles. The molecule has 0 spiro atoms. The third-order valence-electron chi connectivity index (χ3n) is 4.77. The molecule has 0 saturated carbocycles. The number of unbranched alkanes of at least 4 members (excludes halogenated alkanes) is 3. The van der Waals surface area contributed by atoms with Crippen molar-refractivity contribution in [3.8, 4) is 0 Å². The normalized spacial score (nSPS) is 18.3. The van der Waals surface area contributed by atoms with Crippen LogP contribution in [0.25, 0.3) is 0 Å². The van der Waals surface area contributed by atoms with Gasteiger partial charge >= 0.3 is 0 Å². The van der Waals surface area contributed by atoms with Crippen LogP contribution >= 0.6 is 0 Å². The Hall–Kier alpha value is 0. The van der Waals surface area contributed by atoms with Gasteiger partial charge in [-0.3, -0.25) is 0 Å². The minimum atomic E-state index is 0.901. The molecule has 0 heterocycles. The molecule has 0 aliphatic heterocycles. The van der Waals surface area contributed by atoms with Gasteiger partial charge in [0.25, 0.3) is 0 Å². The van der Waals surface area contributed by atoms with Crippen LogP contribution < -0.4 is 0 Å². The van der Waals surface area contributed by atoms with Crippen LogP contribution in [0.1, 0.15) is 92.9 Å². The zero-order valence-electron chi connectivity index (χ0n) is 14.0. The highest BCUT2D eigenvalue weighted by molar-refractivity contribution is 4.68. The van der Waals surface area contributed by atoms with E-state index < -0.39 is 0 Å². The quantitative estimate of drug-likeness (QED) is 0.360. The summed E-state index contributed by atoms with van der Waals surface area (Å²) in [6.45, 7) is 14.4. The maximum Gasteiger partial charge on any atom is -0.0414 e. The predicted octanol–water partition coefficient (Wildman–Crippen LogP) is 6.69. The van der Waals surface area contributed by atoms with Crippen molar-refractivity contribution in [2.75, 3.05) is 0 Å². The van der Waals surface area contributed by atoms with E-state index in [1.807, 2.05) is 0 Å². The van der Waals surface area contributed by atoms with Crippen molar-refractivity contribution < 1.29 is 0 Å². The van der Waals surface area contributed by atoms with E-state index in [1.54, 1.807) is 0 Å². The molecule has 0 aliphatic carbocycles. The second kappa shape index (κ2) is 10.9. The highest BCUT2D eigenvalue weighted by atomic mass is 14.2. The summed E-state index contributed by atoms with van der Waals surface area (Å²) in [5.74, 6) is 3.64. The Morgan fingerprint density at radius 3 is 1.72 bits per heavy atom. The lowest BCUT2D eigenvalue weighted by molar-refractivity contribution is 0.259. The molecule has 0 radical (unpaired) electrons. The van der Waals surface area contributed by atoms with Gasteiger partial charge in [-0.2, -0.15) is 0 Å². The van der Waals surface area contributed by atoms with E-state index in [2.05, 4.69) is 41.5 Å². The molecule has 0 bridgehead atoms. The summed E-state index contributed by atoms with van der Waals surface area (Å²) in [4.78, 5) is 0. The largest absolute Gasteiger partial charge is 0.0654 e. The van der Waals surface area contributed by atoms with Gasteiger partial charge in [0.2, 0.25) is 0 Å². The van der Waals surface area contributed by atoms with Crippen molar-refractivity contribution in [1.29, 1.82) is 0 Å². The molecule has 0 N–H and O–H groups in total. The van der Waals surface area contributed by atoms with Crippen LogP contribution in [0.2, 0.25) is 0 Å². The van der Waals surface area contributed by atoms with Gasteiger partial charge in [-0.15, -0.1) is 0 Å². The van der Waals surface area contributed by atoms with Gasteiger partial charge in [-0.25, -0.2) is 0 Å². The van der Waals surface area contributed by atoms with Crippen LogP contribution in [0.3, 0.4) is 0 Å². The SMILES string of the molecule is CCCCCCC(C)CC(C)C(C)CC(C)CC. The Morgan fingerprint density at radius 2 is 1.22 bits per heavy atom. The monoisotopic (exact) mass is 254 g/mol. The van der Waals surface area contributed by atoms with E-state index in [0.717, 1.165) is 23.7 Å². The lowest BCUT2D eigenvalue weighted by atomic mass is 9.81. The number of hydrogen-bond donors (Lipinski definition) is 0. The molecule has 0 aromatic heterocycles. The molecule has 110 valence electrons. The first kappa shape index (κ1) is 18.0. The van der Waals surface area contributed by atoms with Crippen molar-refractivity contribution >= 4 is 0 Å². The predicted molar refractivity (Wildman–Crippen MR) is 84.9 cm³/mol. The minimum absolute atomic E-state index is 0.901. The molecule has 4 unspecified atom stereocenters. The van der Waals surface area contributed by atoms with Crippen molar-refractivity contribution in [2.24, 2.45) is 23.7 Å². The van der Waals surface area contributed by atoms with Crippen LogP contribution in [0.15, 0.2) is 0 Å². The number of rotatable bonds is 11. The molecule has 0 heteroatoms. The molecule has 0 aromatic rings. The third-order valence-corrected chi connectivity index (χ3v) is 4.77. The van der Waals surface area contributed by atoms with Crippen LogP contribution in [0.5, 0.6) is 0 Å². The van der Waals surface area contributed by atoms with Crippen LogP contribution in [-0.4, -0.2) is 0 Å². The van der Waals surface area contributed by atoms with E-state index in [0.29, 0.717) is 0 Å². The standard InChI is InChI=1S/C18H38/c1-7-9-10-11-12-16(4)14-18(6)17(5)13-15(3)8-2/h15-18H,7-14H2,1-6H3. The Kier molecular flexibility index (Phi) is 10.9. The summed E-state index contributed by atoms with van der Waals surface area (Å²) in [6.07, 6.45) is 11.3. The molecule has 4 atom stereocenters. The van der Waals surface area contributed by atoms with E-state index in [-0.39, 0.29) is 0 Å². The highest BCUT2D eigenvalue weighted by Crippen LogP contribution is 2.28. The lowest BCUT2D eigenvalue weighted by Gasteiger charge is -2.25. The minimum Gasteiger partial charge on any atom is -0.0654 e. The van der Waals surface area contributed by atoms with Crippen molar-refractivity contribution in [1.82, 2.24) is 0 Å². The smallest absolute Gasteiger partial charge is 0.0414 e. The molecule has 18 heavy (non-hydrogen) atoms. The Balaban J connectivity index is 3.73. The Morgan fingerprint density at radius 1 is 0.667 bits per heavy atom. The molecular formula is C18H38. The summed E-state index contributed by atoms with van der Waals surface area (Å²) >= 11 is 0. The average molecular weight is 255 g/mol. The summed E-state index contributed by atoms with van der Waals surface area (Å²) in [5.41, 5.74) is 0. The molecule has 0 aromatic carbocycles. The van der Waals surface area contributed by atoms with E-state index >= 15 is 0 Å². The molecule has 0 aliphatic rings. The first-order valence-corrected chi connectivity index (χ1v) is 8.51. The van der Waals surface area contributed by atoms with E-state index in [9.17, 15) is 0 Å². The van der Waals surface area contributed by atoms with Crippen LogP contribution in [0, 0.1) is 23.7 Å². The second-order valence-electron chi connectivity index (χ2n) is 6.89. The summed E-state index contributed by atoms with van der Waals surface area (Å²) in [7, 11) is 0. The fraction of sp³-hybridized carbons (Fsp3) is 1.00. The number of hydrogen-bond acceptors (Lipinski definition) is 0. The first-order valence-electron chi connectivity index (χ1n) is 8.51. The fourth-order valence-corrected chi connectivity index (χ4v) is 2.94. The van der Waals surface area contributed by atoms with E-state index in [1.165, 1.54) is 51.4 Å². The zero-order valence-corrected chi connectivity index (χ0v) is 14.0. The van der Waals surface area contributed by atoms with E-state index in [4.69, 9.17) is 0 Å². The fourth-order valence-electron chi connectivity index (χ4n) is 2.94. The molecular weight excluding hydrogens is 216 g/mol. The maximum absolute atomic E-state index is 2.47. The molecule has 0 nitrogen and oxygen atoms in total. The van der Waals surface area contributed by atoms with Gasteiger partial charge in [0.1, 0.15) is 0 Å². The average Bonchev–Trinajstić information content (AvgIpc) is 2.34. The van der Waals surface area contributed by atoms with Gasteiger partial charge in [0.15, 0.2) is 0 Å². The Labute approximate surface area is 117 Å². The van der Waals surface area contributed by atoms with Gasteiger partial charge in [0.05, 0.1) is 0 Å².